The fourth-order valence-electron chi connectivity index (χ4n) is 0.992. The molecule has 4 nitrogen and oxygen atoms in total. The van der Waals surface area contributed by atoms with Crippen molar-refractivity contribution in [2.45, 2.75) is 0 Å². The molecule has 0 spiro atoms. The molecule has 0 radical (unpaired) electrons. The smallest absolute Gasteiger partial charge is 0.432 e. The predicted octanol–water partition coefficient (Wildman–Crippen LogP) is -0.305. The molecule has 0 bridgehead atoms. The third-order valence-corrected chi connectivity index (χ3v) is 1.45. The molecule has 70 valence electrons. The van der Waals surface area contributed by atoms with Crippen LogP contribution in [0.3, 0.4) is 0 Å². The third kappa shape index (κ3) is 2.97. The van der Waals surface area contributed by atoms with E-state index >= 15 is 0 Å². The fourth-order valence-corrected chi connectivity index (χ4v) is 0.992. The molecule has 1 heterocycles. The average molecular weight is 182 g/mol. The van der Waals surface area contributed by atoms with Gasteiger partial charge in [0.15, 0.2) is 11.5 Å². The number of hydrogen-bond donors (Lipinski definition) is 2. The molecule has 0 aliphatic carbocycles. The molecular formula is C8H11BO4. The van der Waals surface area contributed by atoms with Crippen LogP contribution in [0.2, 0.25) is 0 Å². The van der Waals surface area contributed by atoms with Gasteiger partial charge in [-0.05, 0) is 12.1 Å². The summed E-state index contributed by atoms with van der Waals surface area (Å²) >= 11 is 0. The molecule has 0 amide bonds. The molecule has 0 aromatic heterocycles. The first-order valence-corrected chi connectivity index (χ1v) is 3.95. The maximum absolute atomic E-state index is 7.12. The van der Waals surface area contributed by atoms with E-state index in [0.717, 1.165) is 11.5 Å². The van der Waals surface area contributed by atoms with Crippen molar-refractivity contribution in [3.05, 3.63) is 24.3 Å². The monoisotopic (exact) mass is 182 g/mol. The zero-order valence-corrected chi connectivity index (χ0v) is 7.14. The lowest BCUT2D eigenvalue weighted by molar-refractivity contribution is 0.171. The van der Waals surface area contributed by atoms with Gasteiger partial charge in [0.05, 0.1) is 0 Å². The van der Waals surface area contributed by atoms with Crippen LogP contribution in [0.5, 0.6) is 11.5 Å². The van der Waals surface area contributed by atoms with Gasteiger partial charge in [-0.15, -0.1) is 0 Å². The van der Waals surface area contributed by atoms with Crippen molar-refractivity contribution in [1.82, 2.24) is 0 Å². The molecule has 0 saturated heterocycles. The van der Waals surface area contributed by atoms with Crippen molar-refractivity contribution in [2.75, 3.05) is 13.2 Å². The number of hydrogen-bond acceptors (Lipinski definition) is 4. The Morgan fingerprint density at radius 1 is 1.00 bits per heavy atom. The molecule has 0 fully saturated rings. The van der Waals surface area contributed by atoms with Crippen LogP contribution in [-0.2, 0) is 0 Å². The van der Waals surface area contributed by atoms with Crippen LogP contribution in [-0.4, -0.2) is 30.9 Å². The largest absolute Gasteiger partial charge is 0.486 e. The van der Waals surface area contributed by atoms with Crippen molar-refractivity contribution in [2.24, 2.45) is 0 Å². The van der Waals surface area contributed by atoms with E-state index in [0.29, 0.717) is 13.2 Å². The maximum Gasteiger partial charge on any atom is 0.432 e. The second kappa shape index (κ2) is 5.45. The minimum Gasteiger partial charge on any atom is -0.486 e. The molecule has 1 aromatic carbocycles. The fraction of sp³-hybridized carbons (Fsp3) is 0.250. The summed E-state index contributed by atoms with van der Waals surface area (Å²) in [7, 11) is -0.750. The van der Waals surface area contributed by atoms with Crippen molar-refractivity contribution in [3.8, 4) is 11.5 Å². The van der Waals surface area contributed by atoms with E-state index in [-0.39, 0.29) is 0 Å². The molecule has 0 unspecified atom stereocenters. The summed E-state index contributed by atoms with van der Waals surface area (Å²) < 4.78 is 10.6. The first-order chi connectivity index (χ1) is 6.38. The van der Waals surface area contributed by atoms with E-state index in [2.05, 4.69) is 0 Å². The molecule has 1 aliphatic rings. The second-order valence-electron chi connectivity index (χ2n) is 2.29. The van der Waals surface area contributed by atoms with Crippen LogP contribution in [0, 0.1) is 0 Å². The van der Waals surface area contributed by atoms with Gasteiger partial charge in [0, 0.05) is 0 Å². The Bertz CT molecular complexity index is 229. The van der Waals surface area contributed by atoms with Gasteiger partial charge in [-0.2, -0.15) is 0 Å². The van der Waals surface area contributed by atoms with Gasteiger partial charge in [0.2, 0.25) is 0 Å². The van der Waals surface area contributed by atoms with Crippen LogP contribution in [0.1, 0.15) is 0 Å². The highest BCUT2D eigenvalue weighted by Gasteiger charge is 2.07. The lowest BCUT2D eigenvalue weighted by Crippen LogP contribution is -2.14. The number of rotatable bonds is 0. The first kappa shape index (κ1) is 9.89. The molecule has 1 aromatic rings. The Morgan fingerprint density at radius 2 is 1.38 bits per heavy atom. The summed E-state index contributed by atoms with van der Waals surface area (Å²) in [4.78, 5) is 0. The molecule has 0 atom stereocenters. The van der Waals surface area contributed by atoms with Crippen LogP contribution < -0.4 is 9.47 Å². The molecular weight excluding hydrogens is 171 g/mol. The van der Waals surface area contributed by atoms with E-state index in [1.807, 2.05) is 24.3 Å². The highest BCUT2D eigenvalue weighted by molar-refractivity contribution is 6.13. The summed E-state index contributed by atoms with van der Waals surface area (Å²) in [6.07, 6.45) is 0. The topological polar surface area (TPSA) is 58.9 Å². The summed E-state index contributed by atoms with van der Waals surface area (Å²) in [6.45, 7) is 1.33. The quantitative estimate of drug-likeness (QED) is 0.540. The third-order valence-electron chi connectivity index (χ3n) is 1.45. The van der Waals surface area contributed by atoms with Crippen LogP contribution in [0.15, 0.2) is 24.3 Å². The van der Waals surface area contributed by atoms with E-state index < -0.39 is 7.69 Å². The van der Waals surface area contributed by atoms with Gasteiger partial charge in [-0.25, -0.2) is 0 Å². The minimum absolute atomic E-state index is 0.664. The van der Waals surface area contributed by atoms with Crippen LogP contribution in [0.4, 0.5) is 0 Å². The lowest BCUT2D eigenvalue weighted by Gasteiger charge is -2.17. The lowest BCUT2D eigenvalue weighted by atomic mass is 10.3. The molecule has 2 N–H and O–H groups in total. The van der Waals surface area contributed by atoms with Gasteiger partial charge in [0.25, 0.3) is 0 Å². The Hall–Kier alpha value is -1.20. The highest BCUT2D eigenvalue weighted by Crippen LogP contribution is 2.28. The van der Waals surface area contributed by atoms with Crippen molar-refractivity contribution in [3.63, 3.8) is 0 Å². The average Bonchev–Trinajstić information content (AvgIpc) is 2.19. The van der Waals surface area contributed by atoms with Gasteiger partial charge in [0.1, 0.15) is 13.2 Å². The van der Waals surface area contributed by atoms with E-state index in [4.69, 9.17) is 19.5 Å². The molecule has 5 heteroatoms. The standard InChI is InChI=1S/C8H8O2.BH3O2/c1-2-4-8-7(3-1)9-5-6-10-8;2-1-3/h1-4H,5-6H2;1-3H. The maximum atomic E-state index is 7.12. The molecule has 1 aliphatic heterocycles. The number of fused-ring (bicyclic) bond motifs is 1. The minimum atomic E-state index is -0.750. The molecule has 2 rings (SSSR count). The van der Waals surface area contributed by atoms with Crippen molar-refractivity contribution >= 4 is 7.69 Å². The van der Waals surface area contributed by atoms with Crippen molar-refractivity contribution < 1.29 is 19.5 Å². The summed E-state index contributed by atoms with van der Waals surface area (Å²) in [5.74, 6) is 1.71. The molecule has 0 saturated carbocycles. The van der Waals surface area contributed by atoms with Crippen molar-refractivity contribution in [1.29, 1.82) is 0 Å². The van der Waals surface area contributed by atoms with Crippen LogP contribution in [0.25, 0.3) is 0 Å². The first-order valence-electron chi connectivity index (χ1n) is 3.95. The Kier molecular flexibility index (Phi) is 4.15. The Morgan fingerprint density at radius 3 is 1.77 bits per heavy atom. The zero-order chi connectivity index (χ0) is 9.52. The number of ether oxygens (including phenoxy) is 2. The Labute approximate surface area is 77.0 Å². The summed E-state index contributed by atoms with van der Waals surface area (Å²) in [6, 6.07) is 7.70. The van der Waals surface area contributed by atoms with Gasteiger partial charge in [-0.1, -0.05) is 12.1 Å². The normalized spacial score (nSPS) is 12.5. The predicted molar refractivity (Wildman–Crippen MR) is 49.0 cm³/mol. The highest BCUT2D eigenvalue weighted by atomic mass is 16.6. The van der Waals surface area contributed by atoms with Gasteiger partial charge < -0.3 is 19.5 Å². The molecule has 13 heavy (non-hydrogen) atoms. The number of para-hydroxylation sites is 2. The van der Waals surface area contributed by atoms with Gasteiger partial charge in [-0.3, -0.25) is 0 Å². The summed E-state index contributed by atoms with van der Waals surface area (Å²) in [5.41, 5.74) is 0. The Balaban J connectivity index is 0.000000251. The second-order valence-corrected chi connectivity index (χ2v) is 2.29. The summed E-state index contributed by atoms with van der Waals surface area (Å²) in [5, 5.41) is 14.2. The van der Waals surface area contributed by atoms with Crippen LogP contribution >= 0.6 is 0 Å². The van der Waals surface area contributed by atoms with E-state index in [1.54, 1.807) is 0 Å². The van der Waals surface area contributed by atoms with E-state index in [9.17, 15) is 0 Å². The van der Waals surface area contributed by atoms with Gasteiger partial charge >= 0.3 is 7.69 Å². The SMILES string of the molecule is OBO.c1ccc2c(c1)OCCO2. The van der Waals surface area contributed by atoms with E-state index in [1.165, 1.54) is 0 Å². The number of benzene rings is 1. The zero-order valence-electron chi connectivity index (χ0n) is 7.14.